The number of thiophene rings is 4. The van der Waals surface area contributed by atoms with Gasteiger partial charge in [0.05, 0.1) is 15.4 Å². The van der Waals surface area contributed by atoms with Crippen LogP contribution in [0, 0.1) is 11.7 Å². The molecular formula is C30H19NS6. The van der Waals surface area contributed by atoms with Crippen LogP contribution in [0.15, 0.2) is 95.0 Å². The Morgan fingerprint density at radius 1 is 0.811 bits per heavy atom. The first-order valence-corrected chi connectivity index (χ1v) is 16.5. The number of hydrogen-bond acceptors (Lipinski definition) is 7. The van der Waals surface area contributed by atoms with Gasteiger partial charge >= 0.3 is 0 Å². The van der Waals surface area contributed by atoms with Crippen molar-refractivity contribution in [2.45, 2.75) is 6.42 Å². The highest BCUT2D eigenvalue weighted by Crippen LogP contribution is 2.49. The van der Waals surface area contributed by atoms with E-state index in [0.717, 1.165) is 21.2 Å². The van der Waals surface area contributed by atoms with Crippen molar-refractivity contribution in [1.29, 1.82) is 0 Å². The van der Waals surface area contributed by atoms with E-state index in [0.29, 0.717) is 6.42 Å². The molecule has 1 aromatic carbocycles. The molecule has 0 bridgehead atoms. The number of allylic oxidation sites excluding steroid dienone is 1. The fourth-order valence-electron chi connectivity index (χ4n) is 3.96. The van der Waals surface area contributed by atoms with E-state index in [2.05, 4.69) is 94.2 Å². The van der Waals surface area contributed by atoms with Crippen molar-refractivity contribution < 1.29 is 0 Å². The third-order valence-corrected chi connectivity index (χ3v) is 11.8. The Kier molecular flexibility index (Phi) is 7.56. The molecule has 37 heavy (non-hydrogen) atoms. The quantitative estimate of drug-likeness (QED) is 0.165. The maximum absolute atomic E-state index is 5.70. The van der Waals surface area contributed by atoms with Crippen LogP contribution in [0.5, 0.6) is 0 Å². The predicted octanol–water partition coefficient (Wildman–Crippen LogP) is 11.0. The normalized spacial score (nSPS) is 11.6. The summed E-state index contributed by atoms with van der Waals surface area (Å²) in [7, 11) is 0. The monoisotopic (exact) mass is 585 g/mol. The number of aromatic nitrogens is 1. The number of hydrogen-bond donors (Lipinski definition) is 0. The smallest absolute Gasteiger partial charge is 0.124 e. The van der Waals surface area contributed by atoms with Crippen LogP contribution in [0.1, 0.15) is 10.6 Å². The number of rotatable bonds is 8. The highest BCUT2D eigenvalue weighted by atomic mass is 32.2. The highest BCUT2D eigenvalue weighted by molar-refractivity contribution is 8.12. The van der Waals surface area contributed by atoms with Crippen LogP contribution in [0.4, 0.5) is 0 Å². The van der Waals surface area contributed by atoms with Crippen molar-refractivity contribution in [3.8, 4) is 52.2 Å². The summed E-state index contributed by atoms with van der Waals surface area (Å²) in [6, 6.07) is 25.7. The molecule has 0 aliphatic carbocycles. The van der Waals surface area contributed by atoms with E-state index in [4.69, 9.17) is 11.4 Å². The first-order valence-electron chi connectivity index (χ1n) is 11.4. The standard InChI is InChI=1S/C30H19NS6/c1-2-32-25(23-11-6-16-33-23)15-14-22-28(37-30(31-22)20-9-4-3-5-10-20)21-19-27(24-12-7-17-34-24)36-29(21)26-13-8-18-35-26/h1,3-13,15-19H,14H2/b25-15-. The summed E-state index contributed by atoms with van der Waals surface area (Å²) < 4.78 is 0. The lowest BCUT2D eigenvalue weighted by Gasteiger charge is -2.03. The van der Waals surface area contributed by atoms with Gasteiger partial charge < -0.3 is 0 Å². The summed E-state index contributed by atoms with van der Waals surface area (Å²) >= 11 is 10.4. The van der Waals surface area contributed by atoms with Crippen LogP contribution in [-0.2, 0) is 6.42 Å². The molecule has 0 amide bonds. The van der Waals surface area contributed by atoms with Crippen LogP contribution in [0.3, 0.4) is 0 Å². The van der Waals surface area contributed by atoms with Gasteiger partial charge in [0, 0.05) is 42.0 Å². The van der Waals surface area contributed by atoms with Crippen molar-refractivity contribution >= 4 is 73.4 Å². The fourth-order valence-corrected chi connectivity index (χ4v) is 9.39. The second-order valence-corrected chi connectivity index (χ2v) is 13.7. The topological polar surface area (TPSA) is 12.9 Å². The lowest BCUT2D eigenvalue weighted by molar-refractivity contribution is 1.16. The molecule has 0 aliphatic rings. The summed E-state index contributed by atoms with van der Waals surface area (Å²) in [4.78, 5) is 13.9. The van der Waals surface area contributed by atoms with Crippen LogP contribution in [0.2, 0.25) is 0 Å². The molecule has 0 atom stereocenters. The maximum Gasteiger partial charge on any atom is 0.124 e. The van der Waals surface area contributed by atoms with Crippen LogP contribution < -0.4 is 0 Å². The molecule has 180 valence electrons. The summed E-state index contributed by atoms with van der Waals surface area (Å²) in [5.41, 5.74) is 3.50. The second kappa shape index (κ2) is 11.4. The van der Waals surface area contributed by atoms with Crippen molar-refractivity contribution in [3.63, 3.8) is 0 Å². The first kappa shape index (κ1) is 24.6. The fraction of sp³-hybridized carbons (Fsp3) is 0.0333. The van der Waals surface area contributed by atoms with Gasteiger partial charge in [-0.15, -0.1) is 63.1 Å². The molecule has 0 fully saturated rings. The predicted molar refractivity (Wildman–Crippen MR) is 170 cm³/mol. The minimum absolute atomic E-state index is 0.717. The summed E-state index contributed by atoms with van der Waals surface area (Å²) in [6.07, 6.45) is 8.65. The highest BCUT2D eigenvalue weighted by Gasteiger charge is 2.21. The summed E-state index contributed by atoms with van der Waals surface area (Å²) in [5.74, 6) is 0. The van der Waals surface area contributed by atoms with Gasteiger partial charge in [0.2, 0.25) is 0 Å². The van der Waals surface area contributed by atoms with Gasteiger partial charge in [-0.05, 0) is 57.4 Å². The van der Waals surface area contributed by atoms with E-state index in [1.807, 2.05) is 17.4 Å². The Hall–Kier alpha value is -2.70. The molecule has 0 N–H and O–H groups in total. The molecule has 0 saturated carbocycles. The van der Waals surface area contributed by atoms with Crippen LogP contribution >= 0.6 is 68.4 Å². The molecule has 0 radical (unpaired) electrons. The molecular weight excluding hydrogens is 567 g/mol. The molecule has 0 unspecified atom stereocenters. The zero-order chi connectivity index (χ0) is 25.0. The molecule has 6 rings (SSSR count). The SMILES string of the molecule is C#CS/C(=C\Cc1nc(-c2ccccc2)sc1-c1cc(-c2cccs2)sc1-c1cccs1)c1cccs1. The van der Waals surface area contributed by atoms with E-state index < -0.39 is 0 Å². The van der Waals surface area contributed by atoms with E-state index in [1.165, 1.54) is 46.6 Å². The Morgan fingerprint density at radius 3 is 2.27 bits per heavy atom. The number of thiazole rings is 1. The number of nitrogens with zero attached hydrogens (tertiary/aromatic N) is 1. The average Bonchev–Trinajstić information content (AvgIpc) is 3.75. The zero-order valence-corrected chi connectivity index (χ0v) is 24.3. The molecule has 5 aromatic heterocycles. The van der Waals surface area contributed by atoms with Gasteiger partial charge in [0.15, 0.2) is 0 Å². The molecule has 0 spiro atoms. The number of thioether (sulfide) groups is 1. The number of terminal acetylenes is 1. The molecule has 0 aliphatic heterocycles. The Balaban J connectivity index is 1.50. The van der Waals surface area contributed by atoms with Gasteiger partial charge in [-0.25, -0.2) is 4.98 Å². The van der Waals surface area contributed by atoms with E-state index in [1.54, 1.807) is 45.3 Å². The lowest BCUT2D eigenvalue weighted by atomic mass is 10.1. The van der Waals surface area contributed by atoms with Crippen molar-refractivity contribution in [2.24, 2.45) is 0 Å². The zero-order valence-electron chi connectivity index (χ0n) is 19.4. The van der Waals surface area contributed by atoms with Gasteiger partial charge in [0.1, 0.15) is 5.01 Å². The minimum Gasteiger partial charge on any atom is -0.240 e. The average molecular weight is 586 g/mol. The lowest BCUT2D eigenvalue weighted by Crippen LogP contribution is -1.87. The van der Waals surface area contributed by atoms with E-state index in [-0.39, 0.29) is 0 Å². The largest absolute Gasteiger partial charge is 0.240 e. The Morgan fingerprint density at radius 2 is 1.57 bits per heavy atom. The van der Waals surface area contributed by atoms with Crippen molar-refractivity contribution in [1.82, 2.24) is 4.98 Å². The van der Waals surface area contributed by atoms with Crippen LogP contribution in [-0.4, -0.2) is 4.98 Å². The van der Waals surface area contributed by atoms with Gasteiger partial charge in [0.25, 0.3) is 0 Å². The summed E-state index contributed by atoms with van der Waals surface area (Å²) in [6.45, 7) is 0. The molecule has 6 aromatic rings. The first-order chi connectivity index (χ1) is 18.3. The van der Waals surface area contributed by atoms with Crippen molar-refractivity contribution in [2.75, 3.05) is 0 Å². The molecule has 0 saturated heterocycles. The van der Waals surface area contributed by atoms with E-state index in [9.17, 15) is 0 Å². The van der Waals surface area contributed by atoms with E-state index >= 15 is 0 Å². The minimum atomic E-state index is 0.717. The second-order valence-electron chi connectivity index (χ2n) is 7.94. The molecule has 5 heterocycles. The molecule has 7 heteroatoms. The summed E-state index contributed by atoms with van der Waals surface area (Å²) in [5, 5.41) is 10.2. The van der Waals surface area contributed by atoms with Gasteiger partial charge in [-0.2, -0.15) is 0 Å². The third kappa shape index (κ3) is 5.32. The number of benzene rings is 1. The van der Waals surface area contributed by atoms with Gasteiger partial charge in [-0.1, -0.05) is 54.6 Å². The van der Waals surface area contributed by atoms with Crippen LogP contribution in [0.25, 0.3) is 45.4 Å². The maximum atomic E-state index is 5.70. The third-order valence-electron chi connectivity index (χ3n) is 5.62. The Labute approximate surface area is 240 Å². The van der Waals surface area contributed by atoms with Crippen molar-refractivity contribution in [3.05, 3.63) is 106 Å². The Bertz CT molecular complexity index is 1660. The molecule has 1 nitrogen and oxygen atoms in total. The van der Waals surface area contributed by atoms with Gasteiger partial charge in [-0.3, -0.25) is 0 Å².